The number of nitrogens with two attached hydrogens (primary N) is 1. The number of benzene rings is 2. The molecule has 30 heavy (non-hydrogen) atoms. The Hall–Kier alpha value is -4.00. The maximum Gasteiger partial charge on any atom is 0.344 e. The van der Waals surface area contributed by atoms with Crippen LogP contribution in [-0.2, 0) is 9.53 Å². The highest BCUT2D eigenvalue weighted by Crippen LogP contribution is 2.28. The zero-order valence-electron chi connectivity index (χ0n) is 16.4. The van der Waals surface area contributed by atoms with Crippen LogP contribution in [-0.4, -0.2) is 34.1 Å². The van der Waals surface area contributed by atoms with Crippen molar-refractivity contribution < 1.29 is 14.3 Å². The van der Waals surface area contributed by atoms with E-state index in [0.717, 1.165) is 16.8 Å². The summed E-state index contributed by atoms with van der Waals surface area (Å²) in [7, 11) is 0. The van der Waals surface area contributed by atoms with E-state index < -0.39 is 5.97 Å². The van der Waals surface area contributed by atoms with Gasteiger partial charge in [-0.25, -0.2) is 19.7 Å². The Balaban J connectivity index is 1.65. The predicted molar refractivity (Wildman–Crippen MR) is 115 cm³/mol. The van der Waals surface area contributed by atoms with Crippen LogP contribution in [0.4, 0.5) is 5.95 Å². The SMILES string of the molecule is CCOC(=O)COc1ccc(-c2ccc3nc(N)nc(-c4ccccc4)c3n2)cc1. The smallest absolute Gasteiger partial charge is 0.344 e. The summed E-state index contributed by atoms with van der Waals surface area (Å²) >= 11 is 0. The van der Waals surface area contributed by atoms with Crippen molar-refractivity contribution in [1.82, 2.24) is 15.0 Å². The zero-order valence-corrected chi connectivity index (χ0v) is 16.4. The lowest BCUT2D eigenvalue weighted by atomic mass is 10.1. The number of nitrogens with zero attached hydrogens (tertiary/aromatic N) is 3. The molecule has 0 aliphatic rings. The molecule has 0 aliphatic heterocycles. The molecule has 2 heterocycles. The molecule has 0 aliphatic carbocycles. The van der Waals surface area contributed by atoms with Gasteiger partial charge in [0.25, 0.3) is 0 Å². The first-order valence-corrected chi connectivity index (χ1v) is 9.52. The zero-order chi connectivity index (χ0) is 20.9. The van der Waals surface area contributed by atoms with E-state index in [1.54, 1.807) is 19.1 Å². The first-order chi connectivity index (χ1) is 14.6. The summed E-state index contributed by atoms with van der Waals surface area (Å²) in [6, 6.07) is 20.9. The number of hydrogen-bond donors (Lipinski definition) is 1. The topological polar surface area (TPSA) is 100 Å². The van der Waals surface area contributed by atoms with Gasteiger partial charge in [-0.1, -0.05) is 30.3 Å². The molecule has 0 amide bonds. The van der Waals surface area contributed by atoms with E-state index in [0.29, 0.717) is 29.1 Å². The lowest BCUT2D eigenvalue weighted by Gasteiger charge is -2.09. The summed E-state index contributed by atoms with van der Waals surface area (Å²) in [5.74, 6) is 0.387. The number of carbonyl (C=O) groups excluding carboxylic acids is 1. The highest BCUT2D eigenvalue weighted by Gasteiger charge is 2.12. The summed E-state index contributed by atoms with van der Waals surface area (Å²) in [5, 5.41) is 0. The van der Waals surface area contributed by atoms with E-state index in [-0.39, 0.29) is 12.6 Å². The number of hydrogen-bond acceptors (Lipinski definition) is 7. The van der Waals surface area contributed by atoms with Crippen LogP contribution < -0.4 is 10.5 Å². The molecule has 4 aromatic rings. The van der Waals surface area contributed by atoms with E-state index in [1.165, 1.54) is 0 Å². The predicted octanol–water partition coefficient (Wildman–Crippen LogP) is 3.88. The maximum absolute atomic E-state index is 11.4. The second-order valence-electron chi connectivity index (χ2n) is 6.48. The van der Waals surface area contributed by atoms with E-state index in [2.05, 4.69) is 9.97 Å². The third kappa shape index (κ3) is 4.20. The number of aromatic nitrogens is 3. The third-order valence-corrected chi connectivity index (χ3v) is 4.42. The van der Waals surface area contributed by atoms with Crippen molar-refractivity contribution in [2.24, 2.45) is 0 Å². The van der Waals surface area contributed by atoms with Crippen molar-refractivity contribution in [2.75, 3.05) is 18.9 Å². The second-order valence-corrected chi connectivity index (χ2v) is 6.48. The molecule has 2 N–H and O–H groups in total. The summed E-state index contributed by atoms with van der Waals surface area (Å²) in [4.78, 5) is 24.9. The van der Waals surface area contributed by atoms with Crippen LogP contribution in [0.3, 0.4) is 0 Å². The van der Waals surface area contributed by atoms with E-state index in [4.69, 9.17) is 20.2 Å². The Morgan fingerprint density at radius 2 is 1.67 bits per heavy atom. The molecule has 2 aromatic heterocycles. The van der Waals surface area contributed by atoms with Gasteiger partial charge >= 0.3 is 5.97 Å². The number of nitrogen functional groups attached to an aromatic ring is 1. The average Bonchev–Trinajstić information content (AvgIpc) is 2.78. The van der Waals surface area contributed by atoms with Crippen LogP contribution >= 0.6 is 0 Å². The van der Waals surface area contributed by atoms with Gasteiger partial charge in [0.1, 0.15) is 17.0 Å². The van der Waals surface area contributed by atoms with Crippen LogP contribution in [0, 0.1) is 0 Å². The van der Waals surface area contributed by atoms with Gasteiger partial charge in [0, 0.05) is 11.1 Å². The Morgan fingerprint density at radius 1 is 0.900 bits per heavy atom. The number of esters is 1. The van der Waals surface area contributed by atoms with Crippen LogP contribution in [0.2, 0.25) is 0 Å². The standard InChI is InChI=1S/C23H20N4O3/c1-2-29-20(28)14-30-17-10-8-15(9-11-17)18-12-13-19-22(25-18)21(27-23(24)26-19)16-6-4-3-5-7-16/h3-13H,2,14H2,1H3,(H2,24,26,27). The first kappa shape index (κ1) is 19.3. The largest absolute Gasteiger partial charge is 0.482 e. The molecule has 7 nitrogen and oxygen atoms in total. The third-order valence-electron chi connectivity index (χ3n) is 4.42. The van der Waals surface area contributed by atoms with Crippen LogP contribution in [0.25, 0.3) is 33.5 Å². The molecule has 0 atom stereocenters. The van der Waals surface area contributed by atoms with Gasteiger partial charge in [-0.2, -0.15) is 0 Å². The van der Waals surface area contributed by atoms with E-state index in [1.807, 2.05) is 54.6 Å². The molecular weight excluding hydrogens is 380 g/mol. The Morgan fingerprint density at radius 3 is 2.40 bits per heavy atom. The quantitative estimate of drug-likeness (QED) is 0.490. The molecule has 0 bridgehead atoms. The molecule has 0 saturated heterocycles. The van der Waals surface area contributed by atoms with Gasteiger partial charge in [0.05, 0.1) is 17.8 Å². The second kappa shape index (κ2) is 8.57. The summed E-state index contributed by atoms with van der Waals surface area (Å²) in [6.07, 6.45) is 0. The van der Waals surface area contributed by atoms with Crippen LogP contribution in [0.5, 0.6) is 5.75 Å². The molecule has 2 aromatic carbocycles. The van der Waals surface area contributed by atoms with Gasteiger partial charge in [-0.05, 0) is 43.3 Å². The van der Waals surface area contributed by atoms with Gasteiger partial charge in [0.15, 0.2) is 6.61 Å². The van der Waals surface area contributed by atoms with Crippen molar-refractivity contribution >= 4 is 23.0 Å². The lowest BCUT2D eigenvalue weighted by molar-refractivity contribution is -0.145. The van der Waals surface area contributed by atoms with Crippen LogP contribution in [0.15, 0.2) is 66.7 Å². The maximum atomic E-state index is 11.4. The molecule has 4 rings (SSSR count). The Bertz CT molecular complexity index is 1180. The molecular formula is C23H20N4O3. The fourth-order valence-corrected chi connectivity index (χ4v) is 3.06. The van der Waals surface area contributed by atoms with Gasteiger partial charge in [-0.3, -0.25) is 0 Å². The van der Waals surface area contributed by atoms with Gasteiger partial charge in [-0.15, -0.1) is 0 Å². The highest BCUT2D eigenvalue weighted by molar-refractivity contribution is 5.91. The minimum Gasteiger partial charge on any atom is -0.482 e. The van der Waals surface area contributed by atoms with E-state index in [9.17, 15) is 4.79 Å². The lowest BCUT2D eigenvalue weighted by Crippen LogP contribution is -2.14. The average molecular weight is 400 g/mol. The molecule has 150 valence electrons. The fourth-order valence-electron chi connectivity index (χ4n) is 3.06. The van der Waals surface area contributed by atoms with Gasteiger partial charge < -0.3 is 15.2 Å². The Kier molecular flexibility index (Phi) is 5.52. The molecule has 0 saturated carbocycles. The molecule has 0 unspecified atom stereocenters. The number of rotatable bonds is 6. The Labute approximate surface area is 173 Å². The first-order valence-electron chi connectivity index (χ1n) is 9.52. The molecule has 0 spiro atoms. The summed E-state index contributed by atoms with van der Waals surface area (Å²) < 4.78 is 10.3. The van der Waals surface area contributed by atoms with Crippen molar-refractivity contribution in [1.29, 1.82) is 0 Å². The number of ether oxygens (including phenoxy) is 2. The number of anilines is 1. The monoisotopic (exact) mass is 400 g/mol. The van der Waals surface area contributed by atoms with Crippen molar-refractivity contribution in [3.63, 3.8) is 0 Å². The fraction of sp³-hybridized carbons (Fsp3) is 0.130. The minimum absolute atomic E-state index is 0.124. The van der Waals surface area contributed by atoms with Crippen molar-refractivity contribution in [3.05, 3.63) is 66.7 Å². The van der Waals surface area contributed by atoms with Crippen molar-refractivity contribution in [3.8, 4) is 28.3 Å². The molecule has 0 fully saturated rings. The normalized spacial score (nSPS) is 10.7. The molecule has 7 heteroatoms. The minimum atomic E-state index is -0.398. The number of carbonyl (C=O) groups is 1. The summed E-state index contributed by atoms with van der Waals surface area (Å²) in [6.45, 7) is 1.96. The van der Waals surface area contributed by atoms with E-state index >= 15 is 0 Å². The van der Waals surface area contributed by atoms with Gasteiger partial charge in [0.2, 0.25) is 5.95 Å². The number of fused-ring (bicyclic) bond motifs is 1. The highest BCUT2D eigenvalue weighted by atomic mass is 16.6. The summed E-state index contributed by atoms with van der Waals surface area (Å²) in [5.41, 5.74) is 10.5. The number of pyridine rings is 1. The molecule has 0 radical (unpaired) electrons. The van der Waals surface area contributed by atoms with Crippen LogP contribution in [0.1, 0.15) is 6.92 Å². The van der Waals surface area contributed by atoms with Crippen molar-refractivity contribution in [2.45, 2.75) is 6.92 Å².